The van der Waals surface area contributed by atoms with Crippen LogP contribution in [0.2, 0.25) is 0 Å². The number of nitrogens with zero attached hydrogens (tertiary/aromatic N) is 2. The molecule has 190 valence electrons. The van der Waals surface area contributed by atoms with Crippen LogP contribution in [-0.2, 0) is 26.8 Å². The number of hydrogen-bond acceptors (Lipinski definition) is 6. The maximum Gasteiger partial charge on any atom is 0.573 e. The van der Waals surface area contributed by atoms with Gasteiger partial charge in [-0.15, -0.1) is 13.2 Å². The number of carbonyl (C=O) groups is 1. The van der Waals surface area contributed by atoms with Crippen LogP contribution in [0.4, 0.5) is 13.2 Å². The number of pyridine rings is 2. The lowest BCUT2D eigenvalue weighted by Crippen LogP contribution is -2.17. The Labute approximate surface area is 211 Å². The molecule has 1 fully saturated rings. The summed E-state index contributed by atoms with van der Waals surface area (Å²) in [7, 11) is -3.55. The molecular formula is C27H21F3N2O4S. The van der Waals surface area contributed by atoms with Crippen LogP contribution in [-0.4, -0.2) is 30.5 Å². The maximum atomic E-state index is 12.9. The number of ether oxygens (including phenoxy) is 1. The van der Waals surface area contributed by atoms with Crippen molar-refractivity contribution in [3.63, 3.8) is 0 Å². The molecule has 1 unspecified atom stereocenters. The molecule has 0 spiro atoms. The highest BCUT2D eigenvalue weighted by atomic mass is 32.2. The number of alkyl halides is 3. The van der Waals surface area contributed by atoms with E-state index in [1.165, 1.54) is 12.3 Å². The fourth-order valence-electron chi connectivity index (χ4n) is 4.44. The van der Waals surface area contributed by atoms with Gasteiger partial charge in [0.05, 0.1) is 22.5 Å². The summed E-state index contributed by atoms with van der Waals surface area (Å²) in [5.41, 5.74) is 1.92. The number of fused-ring (bicyclic) bond motifs is 1. The molecule has 5 rings (SSSR count). The van der Waals surface area contributed by atoms with Crippen LogP contribution in [0.1, 0.15) is 29.2 Å². The molecule has 0 aliphatic heterocycles. The second-order valence-electron chi connectivity index (χ2n) is 8.98. The Balaban J connectivity index is 1.25. The first kappa shape index (κ1) is 24.9. The number of aromatic nitrogens is 2. The van der Waals surface area contributed by atoms with Crippen LogP contribution in [0.25, 0.3) is 10.8 Å². The number of Topliss-reactive ketones (excluding diaryl/α,β-unsaturated/α-hetero) is 1. The van der Waals surface area contributed by atoms with Crippen LogP contribution in [0, 0.1) is 5.92 Å². The quantitative estimate of drug-likeness (QED) is 0.305. The van der Waals surface area contributed by atoms with Gasteiger partial charge in [-0.25, -0.2) is 8.42 Å². The van der Waals surface area contributed by atoms with Gasteiger partial charge in [-0.3, -0.25) is 14.8 Å². The summed E-state index contributed by atoms with van der Waals surface area (Å²) in [6.45, 7) is 0. The number of ketones is 1. The van der Waals surface area contributed by atoms with Gasteiger partial charge in [0.2, 0.25) is 0 Å². The van der Waals surface area contributed by atoms with Crippen molar-refractivity contribution in [2.75, 3.05) is 0 Å². The standard InChI is InChI=1S/C27H21F3N2O4S/c28-27(29,30)36-26-15-31-14-19-5-4-17(11-23(19)26)12-25(33)24-13-22(24)18-6-8-21(9-7-18)37(34,35)16-20-3-1-2-10-32-20/h1-11,14-15,22,24H,12-13,16H2/t22?,24-/m1/s1. The van der Waals surface area contributed by atoms with Crippen molar-refractivity contribution in [2.24, 2.45) is 5.92 Å². The molecule has 10 heteroatoms. The van der Waals surface area contributed by atoms with Crippen LogP contribution < -0.4 is 4.74 Å². The first-order chi connectivity index (χ1) is 17.6. The minimum Gasteiger partial charge on any atom is -0.403 e. The van der Waals surface area contributed by atoms with E-state index in [0.717, 1.165) is 11.8 Å². The maximum absolute atomic E-state index is 12.9. The van der Waals surface area contributed by atoms with Crippen molar-refractivity contribution in [2.45, 2.75) is 35.8 Å². The van der Waals surface area contributed by atoms with Crippen LogP contribution in [0.5, 0.6) is 5.75 Å². The number of benzene rings is 2. The van der Waals surface area contributed by atoms with Gasteiger partial charge in [-0.05, 0) is 53.8 Å². The molecule has 2 heterocycles. The number of rotatable bonds is 8. The molecule has 1 aliphatic carbocycles. The highest BCUT2D eigenvalue weighted by Crippen LogP contribution is 2.48. The van der Waals surface area contributed by atoms with Crippen molar-refractivity contribution >= 4 is 26.4 Å². The smallest absolute Gasteiger partial charge is 0.403 e. The lowest BCUT2D eigenvalue weighted by Gasteiger charge is -2.11. The van der Waals surface area contributed by atoms with E-state index < -0.39 is 21.9 Å². The van der Waals surface area contributed by atoms with E-state index in [9.17, 15) is 26.4 Å². The third-order valence-electron chi connectivity index (χ3n) is 6.33. The monoisotopic (exact) mass is 526 g/mol. The molecule has 2 atom stereocenters. The highest BCUT2D eigenvalue weighted by Gasteiger charge is 2.43. The van der Waals surface area contributed by atoms with E-state index in [1.807, 2.05) is 0 Å². The van der Waals surface area contributed by atoms with Crippen molar-refractivity contribution in [3.05, 3.63) is 96.1 Å². The molecule has 4 aromatic rings. The summed E-state index contributed by atoms with van der Waals surface area (Å²) < 4.78 is 67.7. The van der Waals surface area contributed by atoms with Gasteiger partial charge in [0.25, 0.3) is 0 Å². The summed E-state index contributed by atoms with van der Waals surface area (Å²) in [6, 6.07) is 16.5. The molecule has 0 radical (unpaired) electrons. The van der Waals surface area contributed by atoms with Crippen molar-refractivity contribution in [1.82, 2.24) is 9.97 Å². The SMILES string of the molecule is O=C(Cc1ccc2cncc(OC(F)(F)F)c2c1)[C@@H]1CC1c1ccc(S(=O)(=O)Cc2ccccn2)cc1. The van der Waals surface area contributed by atoms with Gasteiger partial charge in [-0.2, -0.15) is 0 Å². The molecule has 1 saturated carbocycles. The Bertz CT molecular complexity index is 1560. The largest absolute Gasteiger partial charge is 0.573 e. The van der Waals surface area contributed by atoms with Gasteiger partial charge < -0.3 is 4.74 Å². The lowest BCUT2D eigenvalue weighted by atomic mass is 10.0. The summed E-state index contributed by atoms with van der Waals surface area (Å²) in [5.74, 6) is -0.885. The first-order valence-corrected chi connectivity index (χ1v) is 13.1. The number of halogens is 3. The first-order valence-electron chi connectivity index (χ1n) is 11.5. The van der Waals surface area contributed by atoms with E-state index in [0.29, 0.717) is 23.1 Å². The van der Waals surface area contributed by atoms with Crippen LogP contribution in [0.3, 0.4) is 0 Å². The minimum absolute atomic E-state index is 0.0196. The second kappa shape index (κ2) is 9.59. The van der Waals surface area contributed by atoms with Gasteiger partial charge >= 0.3 is 6.36 Å². The van der Waals surface area contributed by atoms with E-state index in [2.05, 4.69) is 14.7 Å². The Morgan fingerprint density at radius 3 is 2.51 bits per heavy atom. The zero-order valence-electron chi connectivity index (χ0n) is 19.4. The molecule has 37 heavy (non-hydrogen) atoms. The van der Waals surface area contributed by atoms with Gasteiger partial charge in [0.15, 0.2) is 15.6 Å². The lowest BCUT2D eigenvalue weighted by molar-refractivity contribution is -0.274. The molecule has 2 aromatic carbocycles. The number of sulfone groups is 1. The fourth-order valence-corrected chi connectivity index (χ4v) is 5.71. The molecular weight excluding hydrogens is 505 g/mol. The van der Waals surface area contributed by atoms with Crippen molar-refractivity contribution in [3.8, 4) is 5.75 Å². The normalized spacial score (nSPS) is 17.5. The molecule has 2 aromatic heterocycles. The third kappa shape index (κ3) is 5.80. The van der Waals surface area contributed by atoms with Crippen LogP contribution in [0.15, 0.2) is 84.1 Å². The topological polar surface area (TPSA) is 86.2 Å². The molecule has 0 N–H and O–H groups in total. The minimum atomic E-state index is -4.85. The Hall–Kier alpha value is -3.79. The summed E-state index contributed by atoms with van der Waals surface area (Å²) in [6.07, 6.45) is -0.168. The average molecular weight is 527 g/mol. The summed E-state index contributed by atoms with van der Waals surface area (Å²) in [5, 5.41) is 0.702. The molecule has 1 aliphatic rings. The Morgan fingerprint density at radius 2 is 1.81 bits per heavy atom. The van der Waals surface area contributed by atoms with E-state index in [1.54, 1.807) is 60.8 Å². The average Bonchev–Trinajstić information content (AvgIpc) is 3.65. The van der Waals surface area contributed by atoms with Gasteiger partial charge in [0, 0.05) is 35.5 Å². The number of hydrogen-bond donors (Lipinski definition) is 0. The van der Waals surface area contributed by atoms with Crippen molar-refractivity contribution in [1.29, 1.82) is 0 Å². The fraction of sp³-hybridized carbons (Fsp3) is 0.222. The van der Waals surface area contributed by atoms with E-state index in [-0.39, 0.29) is 40.1 Å². The van der Waals surface area contributed by atoms with Gasteiger partial charge in [0.1, 0.15) is 5.78 Å². The number of carbonyl (C=O) groups excluding carboxylic acids is 1. The van der Waals surface area contributed by atoms with Crippen LogP contribution >= 0.6 is 0 Å². The Kier molecular flexibility index (Phi) is 6.45. The summed E-state index contributed by atoms with van der Waals surface area (Å²) in [4.78, 5) is 20.9. The zero-order chi connectivity index (χ0) is 26.2. The Morgan fingerprint density at radius 1 is 1.03 bits per heavy atom. The predicted molar refractivity (Wildman–Crippen MR) is 130 cm³/mol. The van der Waals surface area contributed by atoms with E-state index in [4.69, 9.17) is 0 Å². The zero-order valence-corrected chi connectivity index (χ0v) is 20.2. The molecule has 6 nitrogen and oxygen atoms in total. The summed E-state index contributed by atoms with van der Waals surface area (Å²) >= 11 is 0. The van der Waals surface area contributed by atoms with Crippen molar-refractivity contribution < 1.29 is 31.1 Å². The molecule has 0 amide bonds. The third-order valence-corrected chi connectivity index (χ3v) is 7.99. The second-order valence-corrected chi connectivity index (χ2v) is 11.0. The molecule has 0 bridgehead atoms. The highest BCUT2D eigenvalue weighted by molar-refractivity contribution is 7.90. The molecule has 0 saturated heterocycles. The van der Waals surface area contributed by atoms with Gasteiger partial charge in [-0.1, -0.05) is 30.3 Å². The predicted octanol–water partition coefficient (Wildman–Crippen LogP) is 5.42. The van der Waals surface area contributed by atoms with E-state index >= 15 is 0 Å².